The lowest BCUT2D eigenvalue weighted by Gasteiger charge is -2.60. The highest BCUT2D eigenvalue weighted by molar-refractivity contribution is 6.70. The highest BCUT2D eigenvalue weighted by Crippen LogP contribution is 2.66. The number of allylic oxidation sites excluding steroid dienone is 2. The van der Waals surface area contributed by atoms with Crippen molar-refractivity contribution in [3.8, 4) is 0 Å². The van der Waals surface area contributed by atoms with Gasteiger partial charge in [0.2, 0.25) is 8.32 Å². The van der Waals surface area contributed by atoms with Crippen LogP contribution in [0.3, 0.4) is 0 Å². The molecule has 0 heterocycles. The minimum Gasteiger partial charge on any atom is -0.548 e. The number of hydrogen-bond donors (Lipinski definition) is 0. The van der Waals surface area contributed by atoms with Crippen LogP contribution in [0.25, 0.3) is 0 Å². The zero-order chi connectivity index (χ0) is 21.2. The van der Waals surface area contributed by atoms with E-state index >= 15 is 0 Å². The highest BCUT2D eigenvalue weighted by Gasteiger charge is 2.60. The summed E-state index contributed by atoms with van der Waals surface area (Å²) in [6, 6.07) is 0. The quantitative estimate of drug-likeness (QED) is 0.424. The van der Waals surface area contributed by atoms with Crippen molar-refractivity contribution >= 4 is 16.6 Å². The zero-order valence-electron chi connectivity index (χ0n) is 20.4. The Labute approximate surface area is 182 Å². The largest absolute Gasteiger partial charge is 0.548 e. The van der Waals surface area contributed by atoms with E-state index < -0.39 is 16.6 Å². The molecule has 0 radical (unpaired) electrons. The fourth-order valence-corrected chi connectivity index (χ4v) is 10.1. The van der Waals surface area contributed by atoms with Crippen LogP contribution >= 0.6 is 0 Å². The summed E-state index contributed by atoms with van der Waals surface area (Å²) in [7, 11) is -2.97. The van der Waals surface area contributed by atoms with Gasteiger partial charge < -0.3 is 8.85 Å². The van der Waals surface area contributed by atoms with Crippen LogP contribution in [-0.4, -0.2) is 22.7 Å². The van der Waals surface area contributed by atoms with E-state index in [2.05, 4.69) is 59.2 Å². The maximum atomic E-state index is 6.76. The van der Waals surface area contributed by atoms with Crippen LogP contribution in [0.15, 0.2) is 11.8 Å². The summed E-state index contributed by atoms with van der Waals surface area (Å²) in [5.74, 6) is 4.80. The number of fused-ring (bicyclic) bond motifs is 5. The van der Waals surface area contributed by atoms with E-state index in [1.54, 1.807) is 0 Å². The van der Waals surface area contributed by atoms with Crippen molar-refractivity contribution in [3.05, 3.63) is 11.8 Å². The highest BCUT2D eigenvalue weighted by atomic mass is 28.4. The molecule has 7 atom stereocenters. The summed E-state index contributed by atoms with van der Waals surface area (Å²) in [6.45, 7) is 19.3. The molecule has 0 bridgehead atoms. The van der Waals surface area contributed by atoms with Gasteiger partial charge in [0.25, 0.3) is 0 Å². The second-order valence-corrected chi connectivity index (χ2v) is 22.1. The molecule has 3 fully saturated rings. The van der Waals surface area contributed by atoms with E-state index in [9.17, 15) is 0 Å². The smallest absolute Gasteiger partial charge is 0.241 e. The Morgan fingerprint density at radius 1 is 0.793 bits per heavy atom. The molecule has 4 aliphatic rings. The van der Waals surface area contributed by atoms with Gasteiger partial charge >= 0.3 is 0 Å². The fourth-order valence-electron chi connectivity index (χ4n) is 7.88. The molecular weight excluding hydrogens is 388 g/mol. The van der Waals surface area contributed by atoms with E-state index in [1.165, 1.54) is 57.1 Å². The first-order valence-electron chi connectivity index (χ1n) is 12.4. The van der Waals surface area contributed by atoms with Gasteiger partial charge in [0.05, 0.1) is 11.9 Å². The Bertz CT molecular complexity index is 661. The lowest BCUT2D eigenvalue weighted by molar-refractivity contribution is -0.103. The molecule has 4 aliphatic carbocycles. The van der Waals surface area contributed by atoms with Crippen molar-refractivity contribution in [1.29, 1.82) is 0 Å². The lowest BCUT2D eigenvalue weighted by Crippen LogP contribution is -2.54. The van der Waals surface area contributed by atoms with Crippen LogP contribution in [0.2, 0.25) is 39.3 Å². The van der Waals surface area contributed by atoms with Gasteiger partial charge in [-0.3, -0.25) is 0 Å². The standard InChI is InChI=1S/C25H46O2Si2/c1-24-15-13-19(26-28(3,4)5)17-18(24)9-10-20-21-11-12-23(27-29(6,7)8)25(21,2)16-14-22(20)24/h17-18,20-23H,9-16H2,1-8H3/t18-,20?,21?,22?,23-,24-,25-/m0/s1. The third kappa shape index (κ3) is 4.07. The summed E-state index contributed by atoms with van der Waals surface area (Å²) in [5.41, 5.74) is 0.926. The van der Waals surface area contributed by atoms with Gasteiger partial charge in [-0.2, -0.15) is 0 Å². The molecule has 0 aliphatic heterocycles. The molecule has 166 valence electrons. The third-order valence-corrected chi connectivity index (χ3v) is 11.0. The minimum absolute atomic E-state index is 0.432. The predicted molar refractivity (Wildman–Crippen MR) is 128 cm³/mol. The van der Waals surface area contributed by atoms with Crippen molar-refractivity contribution < 1.29 is 8.85 Å². The maximum absolute atomic E-state index is 6.76. The third-order valence-electron chi connectivity index (χ3n) is 9.09. The van der Waals surface area contributed by atoms with Gasteiger partial charge in [-0.15, -0.1) is 0 Å². The van der Waals surface area contributed by atoms with E-state index in [-0.39, 0.29) is 0 Å². The molecule has 29 heavy (non-hydrogen) atoms. The first-order valence-corrected chi connectivity index (χ1v) is 19.2. The average molecular weight is 435 g/mol. The average Bonchev–Trinajstić information content (AvgIpc) is 2.89. The van der Waals surface area contributed by atoms with Crippen LogP contribution < -0.4 is 0 Å². The van der Waals surface area contributed by atoms with Crippen LogP contribution in [0.4, 0.5) is 0 Å². The summed E-state index contributed by atoms with van der Waals surface area (Å²) in [5, 5.41) is 0. The molecule has 0 N–H and O–H groups in total. The van der Waals surface area contributed by atoms with Gasteiger partial charge in [-0.25, -0.2) is 0 Å². The first-order chi connectivity index (χ1) is 13.3. The maximum Gasteiger partial charge on any atom is 0.241 e. The van der Waals surface area contributed by atoms with Gasteiger partial charge in [-0.1, -0.05) is 13.8 Å². The van der Waals surface area contributed by atoms with E-state index in [4.69, 9.17) is 8.85 Å². The summed E-state index contributed by atoms with van der Waals surface area (Å²) in [6.07, 6.45) is 14.0. The first kappa shape index (κ1) is 22.1. The molecule has 0 aromatic rings. The second-order valence-electron chi connectivity index (χ2n) is 13.3. The predicted octanol–water partition coefficient (Wildman–Crippen LogP) is 7.59. The molecule has 0 saturated heterocycles. The molecule has 3 saturated carbocycles. The Balaban J connectivity index is 1.53. The molecule has 3 unspecified atom stereocenters. The summed E-state index contributed by atoms with van der Waals surface area (Å²) >= 11 is 0. The van der Waals surface area contributed by atoms with Crippen molar-refractivity contribution in [2.24, 2.45) is 34.5 Å². The Hall–Kier alpha value is -0.0662. The molecule has 0 spiro atoms. The van der Waals surface area contributed by atoms with E-state index in [0.29, 0.717) is 16.9 Å². The topological polar surface area (TPSA) is 18.5 Å². The van der Waals surface area contributed by atoms with Crippen LogP contribution in [0, 0.1) is 34.5 Å². The molecule has 4 rings (SSSR count). The molecule has 4 heteroatoms. The minimum atomic E-state index is -1.49. The Kier molecular flexibility index (Phi) is 5.52. The second kappa shape index (κ2) is 7.23. The molecule has 0 aromatic carbocycles. The fraction of sp³-hybridized carbons (Fsp3) is 0.920. The Morgan fingerprint density at radius 2 is 1.48 bits per heavy atom. The van der Waals surface area contributed by atoms with Crippen LogP contribution in [0.5, 0.6) is 0 Å². The van der Waals surface area contributed by atoms with Crippen molar-refractivity contribution in [2.45, 2.75) is 111 Å². The van der Waals surface area contributed by atoms with Crippen molar-refractivity contribution in [3.63, 3.8) is 0 Å². The van der Waals surface area contributed by atoms with Gasteiger partial charge in [-0.05, 0) is 125 Å². The summed E-state index contributed by atoms with van der Waals surface area (Å²) < 4.78 is 13.2. The van der Waals surface area contributed by atoms with Gasteiger partial charge in [0.15, 0.2) is 8.32 Å². The Morgan fingerprint density at radius 3 is 2.14 bits per heavy atom. The normalized spacial score (nSPS) is 45.1. The number of rotatable bonds is 4. The van der Waals surface area contributed by atoms with E-state index in [0.717, 1.165) is 23.7 Å². The number of hydrogen-bond acceptors (Lipinski definition) is 2. The van der Waals surface area contributed by atoms with E-state index in [1.807, 2.05) is 0 Å². The SMILES string of the molecule is C[C@]12CCC3C(CC[C@H]4C=C(O[Si](C)(C)C)CC[C@]34C)C1CC[C@@H]2O[Si](C)(C)C. The van der Waals surface area contributed by atoms with Gasteiger partial charge in [0, 0.05) is 6.42 Å². The van der Waals surface area contributed by atoms with Crippen LogP contribution in [0.1, 0.15) is 65.2 Å². The molecule has 2 nitrogen and oxygen atoms in total. The van der Waals surface area contributed by atoms with Crippen LogP contribution in [-0.2, 0) is 8.85 Å². The summed E-state index contributed by atoms with van der Waals surface area (Å²) in [4.78, 5) is 0. The van der Waals surface area contributed by atoms with Crippen molar-refractivity contribution in [2.75, 3.05) is 0 Å². The monoisotopic (exact) mass is 434 g/mol. The molecule has 0 aromatic heterocycles. The van der Waals surface area contributed by atoms with Crippen molar-refractivity contribution in [1.82, 2.24) is 0 Å². The lowest BCUT2D eigenvalue weighted by atomic mass is 9.46. The molecule has 0 amide bonds. The van der Waals surface area contributed by atoms with Gasteiger partial charge in [0.1, 0.15) is 0 Å². The molecular formula is C25H46O2Si2. The zero-order valence-corrected chi connectivity index (χ0v) is 22.4.